The number of aromatic nitrogens is 4. The van der Waals surface area contributed by atoms with Gasteiger partial charge in [-0.15, -0.1) is 0 Å². The van der Waals surface area contributed by atoms with E-state index in [1.165, 1.54) is 13.1 Å². The van der Waals surface area contributed by atoms with Crippen LogP contribution in [0.15, 0.2) is 41.2 Å². The van der Waals surface area contributed by atoms with Crippen LogP contribution in [0, 0.1) is 12.8 Å². The number of hydrogen-bond acceptors (Lipinski definition) is 7. The predicted octanol–water partition coefficient (Wildman–Crippen LogP) is 4.45. The van der Waals surface area contributed by atoms with Crippen molar-refractivity contribution < 1.29 is 31.2 Å². The number of likely N-dealkylation sites (tertiary alicyclic amines) is 1. The predicted molar refractivity (Wildman–Crippen MR) is 114 cm³/mol. The molecular formula is C22H21F5N6O2. The summed E-state index contributed by atoms with van der Waals surface area (Å²) in [6.45, 7) is 2.17. The van der Waals surface area contributed by atoms with E-state index < -0.39 is 48.5 Å². The summed E-state index contributed by atoms with van der Waals surface area (Å²) in [6, 6.07) is 4.21. The van der Waals surface area contributed by atoms with E-state index in [9.17, 15) is 26.7 Å². The number of anilines is 1. The summed E-state index contributed by atoms with van der Waals surface area (Å²) in [5, 5.41) is 2.75. The number of carbonyl (C=O) groups is 1. The van der Waals surface area contributed by atoms with Gasteiger partial charge in [0, 0.05) is 38.5 Å². The first-order valence-corrected chi connectivity index (χ1v) is 10.7. The van der Waals surface area contributed by atoms with Crippen molar-refractivity contribution in [1.82, 2.24) is 24.8 Å². The maximum absolute atomic E-state index is 14.5. The summed E-state index contributed by atoms with van der Waals surface area (Å²) in [4.78, 5) is 30.0. The van der Waals surface area contributed by atoms with E-state index in [2.05, 4.69) is 25.3 Å². The van der Waals surface area contributed by atoms with Gasteiger partial charge < -0.3 is 14.6 Å². The third-order valence-corrected chi connectivity index (χ3v) is 5.62. The van der Waals surface area contributed by atoms with Crippen molar-refractivity contribution in [1.29, 1.82) is 0 Å². The average molecular weight is 496 g/mol. The molecule has 0 aromatic carbocycles. The molecule has 1 aliphatic heterocycles. The summed E-state index contributed by atoms with van der Waals surface area (Å²) in [6.07, 6.45) is -2.33. The number of aryl methyl sites for hydroxylation is 1. The maximum atomic E-state index is 14.5. The minimum Gasteiger partial charge on any atom is -0.438 e. The summed E-state index contributed by atoms with van der Waals surface area (Å²) in [7, 11) is 0. The fraction of sp³-hybridized carbons (Fsp3) is 0.409. The molecule has 0 saturated carbocycles. The number of alkyl halides is 5. The van der Waals surface area contributed by atoms with Crippen LogP contribution >= 0.6 is 0 Å². The third-order valence-electron chi connectivity index (χ3n) is 5.62. The molecule has 3 aromatic heterocycles. The number of nitrogens with zero attached hydrogens (tertiary/aromatic N) is 5. The zero-order valence-corrected chi connectivity index (χ0v) is 18.7. The molecule has 4 rings (SSSR count). The minimum absolute atomic E-state index is 0.0624. The van der Waals surface area contributed by atoms with Crippen molar-refractivity contribution in [2.45, 2.75) is 38.4 Å². The van der Waals surface area contributed by atoms with Gasteiger partial charge in [-0.2, -0.15) is 13.2 Å². The largest absolute Gasteiger partial charge is 0.438 e. The van der Waals surface area contributed by atoms with Crippen LogP contribution in [0.1, 0.15) is 35.3 Å². The number of piperidine rings is 1. The molecule has 3 aromatic rings. The second kappa shape index (κ2) is 9.19. The third kappa shape index (κ3) is 5.38. The molecule has 2 unspecified atom stereocenters. The highest BCUT2D eigenvalue weighted by Crippen LogP contribution is 2.36. The standard InChI is InChI=1S/C22H21F5N6O2/c1-12-7-21(23,24)11-33(16(12)10-31-20-29-8-14(9-30-20)22(25,26)27)19(34)17-18(35-13(2)32-17)15-5-3-4-6-28-15/h3-6,8-9,12,16H,7,10-11H2,1-2H3,(H,29,30,31). The molecule has 186 valence electrons. The zero-order valence-electron chi connectivity index (χ0n) is 18.7. The molecule has 1 amide bonds. The topological polar surface area (TPSA) is 97.0 Å². The van der Waals surface area contributed by atoms with Gasteiger partial charge in [-0.05, 0) is 18.1 Å². The molecule has 1 fully saturated rings. The van der Waals surface area contributed by atoms with Crippen LogP contribution in [-0.4, -0.2) is 55.8 Å². The van der Waals surface area contributed by atoms with Crippen LogP contribution in [0.2, 0.25) is 0 Å². The van der Waals surface area contributed by atoms with Crippen LogP contribution in [0.5, 0.6) is 0 Å². The Hall–Kier alpha value is -3.64. The molecule has 4 heterocycles. The number of amides is 1. The number of pyridine rings is 1. The lowest BCUT2D eigenvalue weighted by molar-refractivity contribution is -0.138. The second-order valence-corrected chi connectivity index (χ2v) is 8.34. The molecule has 0 bridgehead atoms. The lowest BCUT2D eigenvalue weighted by Crippen LogP contribution is -2.57. The number of nitrogens with one attached hydrogen (secondary N) is 1. The summed E-state index contributed by atoms with van der Waals surface area (Å²) in [5.74, 6) is -4.46. The summed E-state index contributed by atoms with van der Waals surface area (Å²) < 4.78 is 72.8. The number of halogens is 5. The SMILES string of the molecule is Cc1nc(C(=O)N2CC(F)(F)CC(C)C2CNc2ncc(C(F)(F)F)cn2)c(-c2ccccn2)o1. The normalized spacial score (nSPS) is 20.0. The van der Waals surface area contributed by atoms with Crippen LogP contribution in [-0.2, 0) is 6.18 Å². The molecule has 1 aliphatic rings. The van der Waals surface area contributed by atoms with E-state index in [1.807, 2.05) is 0 Å². The van der Waals surface area contributed by atoms with Crippen LogP contribution in [0.4, 0.5) is 27.9 Å². The van der Waals surface area contributed by atoms with Gasteiger partial charge in [-0.1, -0.05) is 13.0 Å². The molecule has 1 N–H and O–H groups in total. The molecule has 2 atom stereocenters. The highest BCUT2D eigenvalue weighted by molar-refractivity contribution is 5.97. The first-order valence-electron chi connectivity index (χ1n) is 10.7. The van der Waals surface area contributed by atoms with Gasteiger partial charge in [0.15, 0.2) is 17.3 Å². The second-order valence-electron chi connectivity index (χ2n) is 8.34. The lowest BCUT2D eigenvalue weighted by atomic mass is 9.88. The van der Waals surface area contributed by atoms with Crippen molar-refractivity contribution in [3.63, 3.8) is 0 Å². The number of rotatable bonds is 5. The smallest absolute Gasteiger partial charge is 0.419 e. The zero-order chi connectivity index (χ0) is 25.4. The Labute approximate surface area is 196 Å². The van der Waals surface area contributed by atoms with E-state index in [0.29, 0.717) is 18.1 Å². The number of oxazole rings is 1. The van der Waals surface area contributed by atoms with Crippen LogP contribution < -0.4 is 5.32 Å². The van der Waals surface area contributed by atoms with Gasteiger partial charge in [-0.3, -0.25) is 9.78 Å². The van der Waals surface area contributed by atoms with E-state index in [0.717, 1.165) is 4.90 Å². The molecule has 35 heavy (non-hydrogen) atoms. The quantitative estimate of drug-likeness (QED) is 0.521. The Morgan fingerprint density at radius 1 is 1.23 bits per heavy atom. The molecule has 0 radical (unpaired) electrons. The molecule has 1 saturated heterocycles. The van der Waals surface area contributed by atoms with Crippen molar-refractivity contribution in [3.05, 3.63) is 53.9 Å². The van der Waals surface area contributed by atoms with E-state index in [1.54, 1.807) is 25.1 Å². The van der Waals surface area contributed by atoms with E-state index in [-0.39, 0.29) is 29.8 Å². The summed E-state index contributed by atoms with van der Waals surface area (Å²) in [5.41, 5.74) is -0.850. The van der Waals surface area contributed by atoms with Gasteiger partial charge in [-0.25, -0.2) is 23.7 Å². The number of hydrogen-bond donors (Lipinski definition) is 1. The maximum Gasteiger partial charge on any atom is 0.419 e. The van der Waals surface area contributed by atoms with E-state index in [4.69, 9.17) is 4.42 Å². The minimum atomic E-state index is -4.59. The molecule has 0 aliphatic carbocycles. The Morgan fingerprint density at radius 3 is 2.57 bits per heavy atom. The van der Waals surface area contributed by atoms with E-state index >= 15 is 0 Å². The van der Waals surface area contributed by atoms with Crippen LogP contribution in [0.3, 0.4) is 0 Å². The average Bonchev–Trinajstić information content (AvgIpc) is 3.19. The first-order chi connectivity index (χ1) is 16.4. The Morgan fingerprint density at radius 2 is 1.94 bits per heavy atom. The van der Waals surface area contributed by atoms with Crippen molar-refractivity contribution in [2.24, 2.45) is 5.92 Å². The Balaban J connectivity index is 1.60. The van der Waals surface area contributed by atoms with Gasteiger partial charge in [0.25, 0.3) is 11.8 Å². The molecular weight excluding hydrogens is 475 g/mol. The Kier molecular flexibility index (Phi) is 6.43. The lowest BCUT2D eigenvalue weighted by Gasteiger charge is -2.43. The van der Waals surface area contributed by atoms with Gasteiger partial charge in [0.2, 0.25) is 5.95 Å². The fourth-order valence-corrected chi connectivity index (χ4v) is 4.02. The highest BCUT2D eigenvalue weighted by atomic mass is 19.4. The Bertz CT molecular complexity index is 1180. The van der Waals surface area contributed by atoms with Crippen molar-refractivity contribution in [3.8, 4) is 11.5 Å². The molecule has 8 nitrogen and oxygen atoms in total. The van der Waals surface area contributed by atoms with Crippen molar-refractivity contribution >= 4 is 11.9 Å². The van der Waals surface area contributed by atoms with Crippen molar-refractivity contribution in [2.75, 3.05) is 18.4 Å². The van der Waals surface area contributed by atoms with Gasteiger partial charge in [0.05, 0.1) is 18.2 Å². The molecule has 13 heteroatoms. The summed E-state index contributed by atoms with van der Waals surface area (Å²) >= 11 is 0. The monoisotopic (exact) mass is 496 g/mol. The highest BCUT2D eigenvalue weighted by Gasteiger charge is 2.47. The van der Waals surface area contributed by atoms with Gasteiger partial charge in [0.1, 0.15) is 5.69 Å². The number of carbonyl (C=O) groups excluding carboxylic acids is 1. The molecule has 0 spiro atoms. The fourth-order valence-electron chi connectivity index (χ4n) is 4.02. The first kappa shape index (κ1) is 24.5. The van der Waals surface area contributed by atoms with Gasteiger partial charge >= 0.3 is 6.18 Å². The van der Waals surface area contributed by atoms with Crippen LogP contribution in [0.25, 0.3) is 11.5 Å².